The standard InChI is InChI=1S/C12H20N4O3S/c1-14-11(17)10-6-9(7-16(10)2)20(18,19)15-8-12(13)4-3-5-12/h6-7,15H,3-5,8,13H2,1-2H3,(H,14,17). The Hall–Kier alpha value is -1.38. The number of hydrogen-bond donors (Lipinski definition) is 3. The van der Waals surface area contributed by atoms with Crippen LogP contribution >= 0.6 is 0 Å². The van der Waals surface area contributed by atoms with Crippen LogP contribution in [0.3, 0.4) is 0 Å². The van der Waals surface area contributed by atoms with Crippen LogP contribution in [-0.4, -0.2) is 38.0 Å². The van der Waals surface area contributed by atoms with E-state index in [1.807, 2.05) is 0 Å². The zero-order valence-electron chi connectivity index (χ0n) is 11.6. The van der Waals surface area contributed by atoms with E-state index < -0.39 is 15.6 Å². The molecule has 0 atom stereocenters. The summed E-state index contributed by atoms with van der Waals surface area (Å²) in [6.07, 6.45) is 4.10. The molecule has 1 fully saturated rings. The van der Waals surface area contributed by atoms with Gasteiger partial charge in [-0.25, -0.2) is 13.1 Å². The van der Waals surface area contributed by atoms with Crippen molar-refractivity contribution in [3.05, 3.63) is 18.0 Å². The van der Waals surface area contributed by atoms with Gasteiger partial charge in [0.15, 0.2) is 0 Å². The maximum absolute atomic E-state index is 12.2. The number of aromatic nitrogens is 1. The van der Waals surface area contributed by atoms with Crippen LogP contribution in [0.2, 0.25) is 0 Å². The average molecular weight is 300 g/mol. The van der Waals surface area contributed by atoms with Gasteiger partial charge in [-0.3, -0.25) is 4.79 Å². The normalized spacial score (nSPS) is 17.6. The molecule has 0 unspecified atom stereocenters. The molecule has 1 aliphatic carbocycles. The van der Waals surface area contributed by atoms with Gasteiger partial charge in [-0.15, -0.1) is 0 Å². The van der Waals surface area contributed by atoms with Gasteiger partial charge in [0.2, 0.25) is 10.0 Å². The van der Waals surface area contributed by atoms with Crippen LogP contribution in [0.25, 0.3) is 0 Å². The molecule has 0 aliphatic heterocycles. The third-order valence-corrected chi connectivity index (χ3v) is 5.08. The van der Waals surface area contributed by atoms with Crippen molar-refractivity contribution < 1.29 is 13.2 Å². The Morgan fingerprint density at radius 2 is 2.15 bits per heavy atom. The first kappa shape index (κ1) is 15.0. The van der Waals surface area contributed by atoms with Crippen molar-refractivity contribution in [3.63, 3.8) is 0 Å². The Balaban J connectivity index is 2.15. The Kier molecular flexibility index (Phi) is 3.90. The molecule has 0 aromatic carbocycles. The van der Waals surface area contributed by atoms with E-state index in [0.29, 0.717) is 5.69 Å². The van der Waals surface area contributed by atoms with E-state index >= 15 is 0 Å². The van der Waals surface area contributed by atoms with Crippen LogP contribution in [0, 0.1) is 0 Å². The van der Waals surface area contributed by atoms with Crippen molar-refractivity contribution in [2.75, 3.05) is 13.6 Å². The fourth-order valence-corrected chi connectivity index (χ4v) is 3.37. The Morgan fingerprint density at radius 1 is 1.50 bits per heavy atom. The highest BCUT2D eigenvalue weighted by Crippen LogP contribution is 2.28. The summed E-state index contributed by atoms with van der Waals surface area (Å²) >= 11 is 0. The minimum atomic E-state index is -3.64. The quantitative estimate of drug-likeness (QED) is 0.684. The molecule has 1 heterocycles. The first-order chi connectivity index (χ1) is 9.27. The van der Waals surface area contributed by atoms with Crippen molar-refractivity contribution in [1.29, 1.82) is 0 Å². The second-order valence-electron chi connectivity index (χ2n) is 5.29. The lowest BCUT2D eigenvalue weighted by Gasteiger charge is -2.37. The van der Waals surface area contributed by atoms with Crippen molar-refractivity contribution in [2.24, 2.45) is 12.8 Å². The van der Waals surface area contributed by atoms with E-state index in [1.165, 1.54) is 23.9 Å². The fraction of sp³-hybridized carbons (Fsp3) is 0.583. The first-order valence-electron chi connectivity index (χ1n) is 6.44. The lowest BCUT2D eigenvalue weighted by molar-refractivity contribution is 0.0955. The highest BCUT2D eigenvalue weighted by molar-refractivity contribution is 7.89. The topological polar surface area (TPSA) is 106 Å². The number of nitrogens with one attached hydrogen (secondary N) is 2. The van der Waals surface area contributed by atoms with E-state index in [-0.39, 0.29) is 17.3 Å². The maximum atomic E-state index is 12.2. The number of hydrogen-bond acceptors (Lipinski definition) is 4. The molecule has 1 aliphatic rings. The zero-order chi connectivity index (χ0) is 15.0. The van der Waals surface area contributed by atoms with Gasteiger partial charge in [0.1, 0.15) is 10.6 Å². The van der Waals surface area contributed by atoms with E-state index in [0.717, 1.165) is 19.3 Å². The summed E-state index contributed by atoms with van der Waals surface area (Å²) in [4.78, 5) is 11.7. The van der Waals surface area contributed by atoms with Gasteiger partial charge in [0.25, 0.3) is 5.91 Å². The van der Waals surface area contributed by atoms with E-state index in [4.69, 9.17) is 5.73 Å². The lowest BCUT2D eigenvalue weighted by Crippen LogP contribution is -2.54. The SMILES string of the molecule is CNC(=O)c1cc(S(=O)(=O)NCC2(N)CCC2)cn1C. The molecule has 1 aromatic rings. The van der Waals surface area contributed by atoms with Gasteiger partial charge in [0, 0.05) is 32.4 Å². The third-order valence-electron chi connectivity index (χ3n) is 3.71. The van der Waals surface area contributed by atoms with Gasteiger partial charge in [0.05, 0.1) is 0 Å². The van der Waals surface area contributed by atoms with Gasteiger partial charge in [-0.1, -0.05) is 0 Å². The van der Waals surface area contributed by atoms with Gasteiger partial charge >= 0.3 is 0 Å². The second-order valence-corrected chi connectivity index (χ2v) is 7.06. The molecular formula is C12H20N4O3S. The summed E-state index contributed by atoms with van der Waals surface area (Å²) < 4.78 is 28.4. The summed E-state index contributed by atoms with van der Waals surface area (Å²) in [5.41, 5.74) is 5.86. The third kappa shape index (κ3) is 2.87. The summed E-state index contributed by atoms with van der Waals surface area (Å²) in [6, 6.07) is 1.35. The van der Waals surface area contributed by atoms with Crippen molar-refractivity contribution >= 4 is 15.9 Å². The monoisotopic (exact) mass is 300 g/mol. The minimum absolute atomic E-state index is 0.0709. The first-order valence-corrected chi connectivity index (χ1v) is 7.93. The van der Waals surface area contributed by atoms with E-state index in [2.05, 4.69) is 10.0 Å². The zero-order valence-corrected chi connectivity index (χ0v) is 12.5. The molecule has 20 heavy (non-hydrogen) atoms. The molecule has 4 N–H and O–H groups in total. The Morgan fingerprint density at radius 3 is 2.65 bits per heavy atom. The molecule has 8 heteroatoms. The van der Waals surface area contributed by atoms with Crippen LogP contribution in [0.1, 0.15) is 29.8 Å². The number of rotatable bonds is 5. The number of nitrogens with zero attached hydrogens (tertiary/aromatic N) is 1. The lowest BCUT2D eigenvalue weighted by atomic mass is 9.78. The van der Waals surface area contributed by atoms with Crippen LogP contribution in [-0.2, 0) is 17.1 Å². The van der Waals surface area contributed by atoms with Crippen LogP contribution in [0.5, 0.6) is 0 Å². The van der Waals surface area contributed by atoms with Crippen molar-refractivity contribution in [3.8, 4) is 0 Å². The highest BCUT2D eigenvalue weighted by atomic mass is 32.2. The molecule has 0 radical (unpaired) electrons. The van der Waals surface area contributed by atoms with Crippen molar-refractivity contribution in [1.82, 2.24) is 14.6 Å². The van der Waals surface area contributed by atoms with Crippen LogP contribution in [0.15, 0.2) is 17.2 Å². The number of nitrogens with two attached hydrogens (primary N) is 1. The van der Waals surface area contributed by atoms with Crippen LogP contribution in [0.4, 0.5) is 0 Å². The van der Waals surface area contributed by atoms with Crippen molar-refractivity contribution in [2.45, 2.75) is 29.7 Å². The Bertz CT molecular complexity index is 617. The van der Waals surface area contributed by atoms with Gasteiger partial charge in [-0.2, -0.15) is 0 Å². The van der Waals surface area contributed by atoms with Crippen LogP contribution < -0.4 is 15.8 Å². The number of amides is 1. The predicted molar refractivity (Wildman–Crippen MR) is 74.8 cm³/mol. The molecule has 2 rings (SSSR count). The summed E-state index contributed by atoms with van der Waals surface area (Å²) in [6.45, 7) is 0.222. The second kappa shape index (κ2) is 5.19. The molecule has 0 bridgehead atoms. The number of sulfonamides is 1. The van der Waals surface area contributed by atoms with Gasteiger partial charge in [-0.05, 0) is 25.3 Å². The van der Waals surface area contributed by atoms with Gasteiger partial charge < -0.3 is 15.6 Å². The molecule has 0 spiro atoms. The number of carbonyl (C=O) groups excluding carboxylic acids is 1. The average Bonchev–Trinajstić information content (AvgIpc) is 2.76. The van der Waals surface area contributed by atoms with E-state index in [1.54, 1.807) is 7.05 Å². The molecular weight excluding hydrogens is 280 g/mol. The molecule has 7 nitrogen and oxygen atoms in total. The number of aryl methyl sites for hydroxylation is 1. The highest BCUT2D eigenvalue weighted by Gasteiger charge is 2.34. The van der Waals surface area contributed by atoms with E-state index in [9.17, 15) is 13.2 Å². The minimum Gasteiger partial charge on any atom is -0.354 e. The smallest absolute Gasteiger partial charge is 0.267 e. The molecule has 112 valence electrons. The Labute approximate surface area is 118 Å². The molecule has 0 saturated heterocycles. The number of carbonyl (C=O) groups is 1. The predicted octanol–water partition coefficient (Wildman–Crippen LogP) is -0.456. The summed E-state index contributed by atoms with van der Waals surface area (Å²) in [5, 5.41) is 2.47. The maximum Gasteiger partial charge on any atom is 0.267 e. The molecule has 1 amide bonds. The largest absolute Gasteiger partial charge is 0.354 e. The summed E-state index contributed by atoms with van der Waals surface area (Å²) in [7, 11) is -0.522. The molecule has 1 aromatic heterocycles. The summed E-state index contributed by atoms with van der Waals surface area (Å²) in [5.74, 6) is -0.330. The fourth-order valence-electron chi connectivity index (χ4n) is 2.16. The molecule has 1 saturated carbocycles.